The molecule has 0 heterocycles. The molecule has 0 unspecified atom stereocenters. The van der Waals surface area contributed by atoms with Crippen molar-refractivity contribution in [2.45, 2.75) is 19.6 Å². The lowest BCUT2D eigenvalue weighted by Crippen LogP contribution is -2.33. The molecule has 0 radical (unpaired) electrons. The summed E-state index contributed by atoms with van der Waals surface area (Å²) in [6.45, 7) is 5.88. The number of hydrogen-bond acceptors (Lipinski definition) is 1. The third-order valence-electron chi connectivity index (χ3n) is 1.77. The minimum Gasteiger partial charge on any atom is -0.300 e. The highest BCUT2D eigenvalue weighted by molar-refractivity contribution is 7.05. The van der Waals surface area contributed by atoms with E-state index in [2.05, 4.69) is 0 Å². The van der Waals surface area contributed by atoms with Crippen LogP contribution in [-0.2, 0) is 0 Å². The Morgan fingerprint density at radius 2 is 1.92 bits per heavy atom. The molecular formula is C10H13FOSi. The van der Waals surface area contributed by atoms with E-state index in [1.165, 1.54) is 12.1 Å². The Kier molecular flexibility index (Phi) is 2.66. The molecule has 0 aliphatic carbocycles. The predicted octanol–water partition coefficient (Wildman–Crippen LogP) is 2.89. The summed E-state index contributed by atoms with van der Waals surface area (Å²) in [5.41, 5.74) is 0.499. The van der Waals surface area contributed by atoms with Gasteiger partial charge >= 0.3 is 0 Å². The Balaban J connectivity index is 3.03. The first-order chi connectivity index (χ1) is 5.91. The number of halogens is 1. The van der Waals surface area contributed by atoms with Gasteiger partial charge < -0.3 is 4.79 Å². The van der Waals surface area contributed by atoms with Gasteiger partial charge in [-0.25, -0.2) is 4.39 Å². The monoisotopic (exact) mass is 196 g/mol. The predicted molar refractivity (Wildman–Crippen MR) is 54.1 cm³/mol. The molecule has 0 fully saturated rings. The first-order valence-electron chi connectivity index (χ1n) is 4.21. The summed E-state index contributed by atoms with van der Waals surface area (Å²) in [4.78, 5) is 11.7. The molecule has 0 bridgehead atoms. The van der Waals surface area contributed by atoms with E-state index >= 15 is 0 Å². The summed E-state index contributed by atoms with van der Waals surface area (Å²) in [6.07, 6.45) is 0. The Labute approximate surface area is 78.6 Å². The van der Waals surface area contributed by atoms with Crippen LogP contribution in [-0.4, -0.2) is 13.5 Å². The highest BCUT2D eigenvalue weighted by Gasteiger charge is 2.25. The van der Waals surface area contributed by atoms with Gasteiger partial charge in [0.05, 0.1) is 0 Å². The van der Waals surface area contributed by atoms with Crippen molar-refractivity contribution >= 4 is 13.5 Å². The van der Waals surface area contributed by atoms with Crippen LogP contribution in [0.15, 0.2) is 24.3 Å². The number of rotatable bonds is 2. The quantitative estimate of drug-likeness (QED) is 0.665. The first-order valence-corrected chi connectivity index (χ1v) is 7.71. The normalized spacial score (nSPS) is 11.4. The van der Waals surface area contributed by atoms with Crippen LogP contribution in [0.3, 0.4) is 0 Å². The van der Waals surface area contributed by atoms with Gasteiger partial charge in [0.2, 0.25) is 0 Å². The number of carbonyl (C=O) groups is 1. The Morgan fingerprint density at radius 3 is 2.38 bits per heavy atom. The lowest BCUT2D eigenvalue weighted by atomic mass is 10.2. The lowest BCUT2D eigenvalue weighted by Gasteiger charge is -2.13. The van der Waals surface area contributed by atoms with Crippen LogP contribution < -0.4 is 0 Å². The third kappa shape index (κ3) is 2.49. The van der Waals surface area contributed by atoms with E-state index in [0.717, 1.165) is 0 Å². The minimum atomic E-state index is -1.83. The molecule has 0 saturated heterocycles. The minimum absolute atomic E-state index is 0.104. The van der Waals surface area contributed by atoms with Crippen LogP contribution in [0, 0.1) is 5.82 Å². The summed E-state index contributed by atoms with van der Waals surface area (Å²) in [6, 6.07) is 5.90. The lowest BCUT2D eigenvalue weighted by molar-refractivity contribution is 0.106. The van der Waals surface area contributed by atoms with E-state index in [0.29, 0.717) is 5.56 Å². The van der Waals surface area contributed by atoms with Gasteiger partial charge in [-0.15, -0.1) is 0 Å². The van der Waals surface area contributed by atoms with Gasteiger partial charge in [-0.3, -0.25) is 0 Å². The fourth-order valence-corrected chi connectivity index (χ4v) is 2.08. The maximum Gasteiger partial charge on any atom is 0.139 e. The molecule has 70 valence electrons. The van der Waals surface area contributed by atoms with Crippen molar-refractivity contribution in [3.63, 3.8) is 0 Å². The summed E-state index contributed by atoms with van der Waals surface area (Å²) < 4.78 is 12.8. The average molecular weight is 196 g/mol. The maximum atomic E-state index is 12.8. The molecular weight excluding hydrogens is 183 g/mol. The van der Waals surface area contributed by atoms with Crippen molar-refractivity contribution in [1.82, 2.24) is 0 Å². The number of benzene rings is 1. The van der Waals surface area contributed by atoms with Crippen LogP contribution in [0.5, 0.6) is 0 Å². The Morgan fingerprint density at radius 1 is 1.31 bits per heavy atom. The van der Waals surface area contributed by atoms with Crippen molar-refractivity contribution in [1.29, 1.82) is 0 Å². The summed E-state index contributed by atoms with van der Waals surface area (Å²) in [5.74, 6) is -0.343. The van der Waals surface area contributed by atoms with E-state index in [4.69, 9.17) is 0 Å². The fraction of sp³-hybridized carbons (Fsp3) is 0.300. The average Bonchev–Trinajstić information content (AvgIpc) is 2.01. The molecule has 1 rings (SSSR count). The molecule has 0 amide bonds. The highest BCUT2D eigenvalue weighted by Crippen LogP contribution is 2.12. The molecule has 0 aromatic heterocycles. The van der Waals surface area contributed by atoms with Crippen molar-refractivity contribution in [2.75, 3.05) is 0 Å². The number of carbonyl (C=O) groups excluding carboxylic acids is 1. The van der Waals surface area contributed by atoms with Crippen LogP contribution >= 0.6 is 0 Å². The topological polar surface area (TPSA) is 17.1 Å². The highest BCUT2D eigenvalue weighted by atomic mass is 28.3. The fourth-order valence-electron chi connectivity index (χ4n) is 1.06. The smallest absolute Gasteiger partial charge is 0.139 e. The molecule has 3 heteroatoms. The molecule has 1 nitrogen and oxygen atoms in total. The van der Waals surface area contributed by atoms with Gasteiger partial charge in [0.25, 0.3) is 0 Å². The zero-order valence-corrected chi connectivity index (χ0v) is 9.10. The van der Waals surface area contributed by atoms with Gasteiger partial charge in [-0.05, 0) is 12.1 Å². The second-order valence-electron chi connectivity index (χ2n) is 4.09. The summed E-state index contributed by atoms with van der Waals surface area (Å²) >= 11 is 0. The standard InChI is InChI=1S/C10H13FOSi/c1-13(2,3)10(12)8-5-4-6-9(11)7-8/h4-7H,1-3H3. The van der Waals surface area contributed by atoms with E-state index in [9.17, 15) is 9.18 Å². The zero-order valence-electron chi connectivity index (χ0n) is 8.10. The maximum absolute atomic E-state index is 12.8. The third-order valence-corrected chi connectivity index (χ3v) is 3.42. The van der Waals surface area contributed by atoms with Crippen molar-refractivity contribution in [3.05, 3.63) is 35.6 Å². The van der Waals surface area contributed by atoms with Crippen molar-refractivity contribution in [2.24, 2.45) is 0 Å². The molecule has 0 N–H and O–H groups in total. The first kappa shape index (κ1) is 10.1. The SMILES string of the molecule is C[Si](C)(C)C(=O)c1cccc(F)c1. The van der Waals surface area contributed by atoms with Crippen LogP contribution in [0.1, 0.15) is 10.4 Å². The molecule has 0 aliphatic rings. The second-order valence-corrected chi connectivity index (χ2v) is 9.04. The van der Waals surface area contributed by atoms with Crippen LogP contribution in [0.2, 0.25) is 19.6 Å². The van der Waals surface area contributed by atoms with Gasteiger partial charge in [-0.1, -0.05) is 31.8 Å². The summed E-state index contributed by atoms with van der Waals surface area (Å²) in [7, 11) is -1.83. The largest absolute Gasteiger partial charge is 0.300 e. The Bertz CT molecular complexity index is 328. The molecule has 1 aromatic rings. The van der Waals surface area contributed by atoms with Crippen molar-refractivity contribution < 1.29 is 9.18 Å². The van der Waals surface area contributed by atoms with Gasteiger partial charge in [0, 0.05) is 5.56 Å². The van der Waals surface area contributed by atoms with Crippen LogP contribution in [0.25, 0.3) is 0 Å². The van der Waals surface area contributed by atoms with E-state index in [-0.39, 0.29) is 11.2 Å². The second kappa shape index (κ2) is 3.42. The van der Waals surface area contributed by atoms with Crippen LogP contribution in [0.4, 0.5) is 4.39 Å². The molecule has 0 aliphatic heterocycles. The van der Waals surface area contributed by atoms with E-state index < -0.39 is 8.07 Å². The van der Waals surface area contributed by atoms with Gasteiger partial charge in [-0.2, -0.15) is 0 Å². The number of hydrogen-bond donors (Lipinski definition) is 0. The van der Waals surface area contributed by atoms with Gasteiger partial charge in [0.1, 0.15) is 19.3 Å². The Hall–Kier alpha value is -0.963. The molecule has 0 saturated carbocycles. The van der Waals surface area contributed by atoms with E-state index in [1.54, 1.807) is 12.1 Å². The molecule has 0 spiro atoms. The molecule has 1 aromatic carbocycles. The molecule has 0 atom stereocenters. The van der Waals surface area contributed by atoms with E-state index in [1.807, 2.05) is 19.6 Å². The molecule has 13 heavy (non-hydrogen) atoms. The zero-order chi connectivity index (χ0) is 10.1. The van der Waals surface area contributed by atoms with Crippen molar-refractivity contribution in [3.8, 4) is 0 Å². The van der Waals surface area contributed by atoms with Gasteiger partial charge in [0.15, 0.2) is 0 Å². The summed E-state index contributed by atoms with van der Waals surface area (Å²) in [5, 5.41) is 0.104.